The van der Waals surface area contributed by atoms with Crippen molar-refractivity contribution in [2.75, 3.05) is 13.6 Å². The number of imidazole rings is 1. The third-order valence-corrected chi connectivity index (χ3v) is 2.80. The van der Waals surface area contributed by atoms with Gasteiger partial charge in [-0.1, -0.05) is 12.1 Å². The second-order valence-corrected chi connectivity index (χ2v) is 4.00. The van der Waals surface area contributed by atoms with E-state index in [0.29, 0.717) is 0 Å². The molecule has 3 nitrogen and oxygen atoms in total. The molecule has 0 aliphatic carbocycles. The van der Waals surface area contributed by atoms with Gasteiger partial charge in [-0.2, -0.15) is 0 Å². The summed E-state index contributed by atoms with van der Waals surface area (Å²) in [6.45, 7) is 0.905. The molecule has 17 heavy (non-hydrogen) atoms. The maximum atomic E-state index is 13.1. The normalized spacial score (nSPS) is 10.8. The quantitative estimate of drug-likeness (QED) is 0.875. The summed E-state index contributed by atoms with van der Waals surface area (Å²) >= 11 is 0. The summed E-state index contributed by atoms with van der Waals surface area (Å²) in [6.07, 6.45) is 2.76. The average Bonchev–Trinajstić information content (AvgIpc) is 2.68. The molecule has 0 amide bonds. The van der Waals surface area contributed by atoms with Crippen LogP contribution in [0.5, 0.6) is 0 Å². The minimum atomic E-state index is -0.234. The van der Waals surface area contributed by atoms with E-state index >= 15 is 0 Å². The predicted octanol–water partition coefficient (Wildman–Crippen LogP) is 1.99. The summed E-state index contributed by atoms with van der Waals surface area (Å²) in [7, 11) is 3.88. The number of nitrogens with zero attached hydrogens (tertiary/aromatic N) is 2. The van der Waals surface area contributed by atoms with E-state index in [0.717, 1.165) is 30.0 Å². The Bertz CT molecular complexity index is 505. The first-order valence-electron chi connectivity index (χ1n) is 5.63. The molecule has 2 aromatic rings. The van der Waals surface area contributed by atoms with Crippen molar-refractivity contribution < 1.29 is 4.39 Å². The monoisotopic (exact) mass is 233 g/mol. The van der Waals surface area contributed by atoms with Gasteiger partial charge in [-0.15, -0.1) is 0 Å². The zero-order chi connectivity index (χ0) is 12.3. The Morgan fingerprint density at radius 1 is 1.41 bits per heavy atom. The highest BCUT2D eigenvalue weighted by molar-refractivity contribution is 5.56. The van der Waals surface area contributed by atoms with Crippen LogP contribution in [0.25, 0.3) is 11.4 Å². The van der Waals surface area contributed by atoms with Crippen LogP contribution in [0.1, 0.15) is 5.69 Å². The molecule has 0 saturated carbocycles. The predicted molar refractivity (Wildman–Crippen MR) is 66.2 cm³/mol. The zero-order valence-corrected chi connectivity index (χ0v) is 10.1. The third kappa shape index (κ3) is 2.53. The number of rotatable bonds is 4. The van der Waals surface area contributed by atoms with E-state index in [1.807, 2.05) is 30.9 Å². The van der Waals surface area contributed by atoms with Crippen molar-refractivity contribution in [3.05, 3.63) is 42.0 Å². The van der Waals surface area contributed by atoms with Gasteiger partial charge in [0.05, 0.1) is 0 Å². The van der Waals surface area contributed by atoms with Crippen LogP contribution in [0, 0.1) is 5.82 Å². The zero-order valence-electron chi connectivity index (χ0n) is 10.1. The lowest BCUT2D eigenvalue weighted by molar-refractivity contribution is 0.628. The minimum absolute atomic E-state index is 0.234. The number of halogens is 1. The summed E-state index contributed by atoms with van der Waals surface area (Å²) in [5, 5.41) is 3.10. The molecule has 1 N–H and O–H groups in total. The van der Waals surface area contributed by atoms with E-state index in [1.54, 1.807) is 6.07 Å². The van der Waals surface area contributed by atoms with Crippen LogP contribution in [0.2, 0.25) is 0 Å². The number of benzene rings is 1. The molecule has 0 unspecified atom stereocenters. The van der Waals surface area contributed by atoms with Crippen molar-refractivity contribution in [3.8, 4) is 11.4 Å². The third-order valence-electron chi connectivity index (χ3n) is 2.80. The van der Waals surface area contributed by atoms with Crippen LogP contribution in [0.15, 0.2) is 30.5 Å². The molecule has 0 saturated heterocycles. The molecule has 0 aliphatic rings. The first-order valence-corrected chi connectivity index (χ1v) is 5.63. The molecule has 1 aromatic carbocycles. The Hall–Kier alpha value is -1.68. The van der Waals surface area contributed by atoms with Crippen LogP contribution in [-0.4, -0.2) is 23.1 Å². The minimum Gasteiger partial charge on any atom is -0.331 e. The standard InChI is InChI=1S/C13H16FN3/c1-15-7-6-12-9-16-13(17(12)2)10-4-3-5-11(14)8-10/h3-5,8-9,15H,6-7H2,1-2H3. The molecular weight excluding hydrogens is 217 g/mol. The molecule has 2 rings (SSSR count). The number of hydrogen-bond acceptors (Lipinski definition) is 2. The van der Waals surface area contributed by atoms with Crippen LogP contribution in [0.3, 0.4) is 0 Å². The number of hydrogen-bond donors (Lipinski definition) is 1. The molecular formula is C13H16FN3. The Balaban J connectivity index is 2.30. The van der Waals surface area contributed by atoms with Gasteiger partial charge >= 0.3 is 0 Å². The first kappa shape index (κ1) is 11.8. The summed E-state index contributed by atoms with van der Waals surface area (Å²) in [5.41, 5.74) is 1.95. The molecule has 0 bridgehead atoms. The number of nitrogens with one attached hydrogen (secondary N) is 1. The van der Waals surface area contributed by atoms with Gasteiger partial charge in [0.2, 0.25) is 0 Å². The molecule has 0 radical (unpaired) electrons. The van der Waals surface area contributed by atoms with E-state index in [-0.39, 0.29) is 5.82 Å². The van der Waals surface area contributed by atoms with Crippen molar-refractivity contribution in [3.63, 3.8) is 0 Å². The maximum Gasteiger partial charge on any atom is 0.139 e. The van der Waals surface area contributed by atoms with Crippen molar-refractivity contribution in [1.82, 2.24) is 14.9 Å². The number of aromatic nitrogens is 2. The van der Waals surface area contributed by atoms with Crippen molar-refractivity contribution in [2.45, 2.75) is 6.42 Å². The Kier molecular flexibility index (Phi) is 3.54. The average molecular weight is 233 g/mol. The molecule has 0 aliphatic heterocycles. The molecule has 0 spiro atoms. The summed E-state index contributed by atoms with van der Waals surface area (Å²) < 4.78 is 15.2. The van der Waals surface area contributed by atoms with Crippen molar-refractivity contribution in [2.24, 2.45) is 7.05 Å². The highest BCUT2D eigenvalue weighted by Gasteiger charge is 2.08. The van der Waals surface area contributed by atoms with Gasteiger partial charge < -0.3 is 9.88 Å². The van der Waals surface area contributed by atoms with E-state index in [1.165, 1.54) is 12.1 Å². The summed E-state index contributed by atoms with van der Waals surface area (Å²) in [4.78, 5) is 4.35. The molecule has 90 valence electrons. The molecule has 1 heterocycles. The second kappa shape index (κ2) is 5.10. The Labute approximate surface area is 100 Å². The van der Waals surface area contributed by atoms with Crippen LogP contribution < -0.4 is 5.32 Å². The molecule has 4 heteroatoms. The van der Waals surface area contributed by atoms with Crippen molar-refractivity contribution in [1.29, 1.82) is 0 Å². The van der Waals surface area contributed by atoms with Gasteiger partial charge in [-0.25, -0.2) is 9.37 Å². The van der Waals surface area contributed by atoms with Gasteiger partial charge in [0.25, 0.3) is 0 Å². The highest BCUT2D eigenvalue weighted by Crippen LogP contribution is 2.19. The van der Waals surface area contributed by atoms with E-state index in [9.17, 15) is 4.39 Å². The smallest absolute Gasteiger partial charge is 0.139 e. The molecule has 0 atom stereocenters. The highest BCUT2D eigenvalue weighted by atomic mass is 19.1. The lowest BCUT2D eigenvalue weighted by Gasteiger charge is -2.06. The van der Waals surface area contributed by atoms with Crippen LogP contribution in [0.4, 0.5) is 4.39 Å². The van der Waals surface area contributed by atoms with Crippen LogP contribution >= 0.6 is 0 Å². The lowest BCUT2D eigenvalue weighted by atomic mass is 10.2. The van der Waals surface area contributed by atoms with Gasteiger partial charge in [0, 0.05) is 37.5 Å². The molecule has 0 fully saturated rings. The van der Waals surface area contributed by atoms with E-state index in [2.05, 4.69) is 10.3 Å². The lowest BCUT2D eigenvalue weighted by Crippen LogP contribution is -2.12. The van der Waals surface area contributed by atoms with E-state index < -0.39 is 0 Å². The fourth-order valence-corrected chi connectivity index (χ4v) is 1.83. The van der Waals surface area contributed by atoms with Crippen molar-refractivity contribution >= 4 is 0 Å². The Morgan fingerprint density at radius 2 is 2.24 bits per heavy atom. The van der Waals surface area contributed by atoms with E-state index in [4.69, 9.17) is 0 Å². The second-order valence-electron chi connectivity index (χ2n) is 4.00. The fourth-order valence-electron chi connectivity index (χ4n) is 1.83. The maximum absolute atomic E-state index is 13.1. The summed E-state index contributed by atoms with van der Waals surface area (Å²) in [5.74, 6) is 0.567. The fraction of sp³-hybridized carbons (Fsp3) is 0.308. The first-order chi connectivity index (χ1) is 8.22. The van der Waals surface area contributed by atoms with Gasteiger partial charge in [0.15, 0.2) is 0 Å². The largest absolute Gasteiger partial charge is 0.331 e. The molecule has 1 aromatic heterocycles. The Morgan fingerprint density at radius 3 is 2.94 bits per heavy atom. The SMILES string of the molecule is CNCCc1cnc(-c2cccc(F)c2)n1C. The summed E-state index contributed by atoms with van der Waals surface area (Å²) in [6, 6.07) is 6.51. The van der Waals surface area contributed by atoms with Gasteiger partial charge in [-0.05, 0) is 19.2 Å². The van der Waals surface area contributed by atoms with Gasteiger partial charge in [-0.3, -0.25) is 0 Å². The van der Waals surface area contributed by atoms with Gasteiger partial charge in [0.1, 0.15) is 11.6 Å². The van der Waals surface area contributed by atoms with Crippen LogP contribution in [-0.2, 0) is 13.5 Å². The number of likely N-dealkylation sites (N-methyl/N-ethyl adjacent to an activating group) is 1. The topological polar surface area (TPSA) is 29.9 Å².